The van der Waals surface area contributed by atoms with Gasteiger partial charge >= 0.3 is 6.36 Å². The largest absolute Gasteiger partial charge is 0.573 e. The fourth-order valence-electron chi connectivity index (χ4n) is 2.30. The molecule has 0 aliphatic carbocycles. The first-order valence-corrected chi connectivity index (χ1v) is 9.90. The molecular formula is C17H13F3N2O3S2. The van der Waals surface area contributed by atoms with Gasteiger partial charge in [-0.2, -0.15) is 0 Å². The fourth-order valence-corrected chi connectivity index (χ4v) is 4.11. The Hall–Kier alpha value is -2.59. The maximum absolute atomic E-state index is 12.5. The lowest BCUT2D eigenvalue weighted by Crippen LogP contribution is -2.20. The number of nitrogens with zero attached hydrogens (tertiary/aromatic N) is 1. The summed E-state index contributed by atoms with van der Waals surface area (Å²) in [6.07, 6.45) is -5.00. The molecule has 142 valence electrons. The predicted molar refractivity (Wildman–Crippen MR) is 96.2 cm³/mol. The maximum Gasteiger partial charge on any atom is 0.573 e. The number of anilines is 1. The number of thiazole rings is 1. The number of hydrogen-bond donors (Lipinski definition) is 1. The van der Waals surface area contributed by atoms with E-state index in [4.69, 9.17) is 0 Å². The van der Waals surface area contributed by atoms with Crippen LogP contribution in [0, 0.1) is 6.92 Å². The molecule has 0 radical (unpaired) electrons. The molecule has 0 bridgehead atoms. The van der Waals surface area contributed by atoms with E-state index in [0.717, 1.165) is 28.4 Å². The van der Waals surface area contributed by atoms with Gasteiger partial charge in [0.15, 0.2) is 0 Å². The van der Waals surface area contributed by atoms with Crippen LogP contribution in [0.5, 0.6) is 5.75 Å². The molecule has 0 fully saturated rings. The average molecular weight is 414 g/mol. The molecular weight excluding hydrogens is 401 g/mol. The molecule has 27 heavy (non-hydrogen) atoms. The van der Waals surface area contributed by atoms with Crippen LogP contribution in [0.15, 0.2) is 58.8 Å². The van der Waals surface area contributed by atoms with Crippen LogP contribution in [-0.4, -0.2) is 19.8 Å². The third-order valence-corrected chi connectivity index (χ3v) is 5.61. The standard InChI is InChI=1S/C17H13F3N2O3S2/c1-11-21-14(10-26-11)12-6-8-13(9-7-12)22-27(23,24)16-5-3-2-4-15(16)25-17(18,19)20/h2-10,22H,1H3. The van der Waals surface area contributed by atoms with Crippen molar-refractivity contribution < 1.29 is 26.3 Å². The molecule has 0 saturated carbocycles. The van der Waals surface area contributed by atoms with Gasteiger partial charge in [0.2, 0.25) is 0 Å². The first kappa shape index (κ1) is 19.2. The molecule has 1 N–H and O–H groups in total. The van der Waals surface area contributed by atoms with Gasteiger partial charge in [-0.1, -0.05) is 24.3 Å². The van der Waals surface area contributed by atoms with Crippen LogP contribution in [0.4, 0.5) is 18.9 Å². The van der Waals surface area contributed by atoms with E-state index in [1.807, 2.05) is 12.3 Å². The second-order valence-corrected chi connectivity index (χ2v) is 8.14. The third kappa shape index (κ3) is 4.77. The summed E-state index contributed by atoms with van der Waals surface area (Å²) in [7, 11) is -4.28. The number of ether oxygens (including phenoxy) is 1. The number of aryl methyl sites for hydroxylation is 1. The normalized spacial score (nSPS) is 12.0. The van der Waals surface area contributed by atoms with Gasteiger partial charge in [0, 0.05) is 16.6 Å². The Morgan fingerprint density at radius 2 is 1.74 bits per heavy atom. The Kier molecular flexibility index (Phi) is 5.11. The van der Waals surface area contributed by atoms with Gasteiger partial charge in [-0.15, -0.1) is 24.5 Å². The molecule has 5 nitrogen and oxygen atoms in total. The van der Waals surface area contributed by atoms with Crippen LogP contribution in [0.25, 0.3) is 11.3 Å². The highest BCUT2D eigenvalue weighted by Gasteiger charge is 2.34. The van der Waals surface area contributed by atoms with E-state index < -0.39 is 27.0 Å². The Labute approximate surface area is 157 Å². The monoisotopic (exact) mass is 414 g/mol. The van der Waals surface area contributed by atoms with Gasteiger partial charge in [0.25, 0.3) is 10.0 Å². The van der Waals surface area contributed by atoms with Gasteiger partial charge in [0.05, 0.1) is 10.7 Å². The third-order valence-electron chi connectivity index (χ3n) is 3.42. The SMILES string of the molecule is Cc1nc(-c2ccc(NS(=O)(=O)c3ccccc3OC(F)(F)F)cc2)cs1. The number of rotatable bonds is 5. The molecule has 0 amide bonds. The van der Waals surface area contributed by atoms with Gasteiger partial charge in [-0.05, 0) is 31.2 Å². The number of alkyl halides is 3. The molecule has 0 aliphatic heterocycles. The van der Waals surface area contributed by atoms with Crippen molar-refractivity contribution in [2.24, 2.45) is 0 Å². The minimum absolute atomic E-state index is 0.201. The zero-order valence-electron chi connectivity index (χ0n) is 13.8. The van der Waals surface area contributed by atoms with E-state index in [1.165, 1.54) is 35.6 Å². The van der Waals surface area contributed by atoms with Crippen LogP contribution in [0.1, 0.15) is 5.01 Å². The molecule has 0 saturated heterocycles. The van der Waals surface area contributed by atoms with Crippen LogP contribution < -0.4 is 9.46 Å². The van der Waals surface area contributed by atoms with E-state index in [2.05, 4.69) is 14.4 Å². The van der Waals surface area contributed by atoms with Crippen molar-refractivity contribution in [1.29, 1.82) is 0 Å². The smallest absolute Gasteiger partial charge is 0.404 e. The number of sulfonamides is 1. The number of aromatic nitrogens is 1. The van der Waals surface area contributed by atoms with E-state index in [-0.39, 0.29) is 5.69 Å². The lowest BCUT2D eigenvalue weighted by Gasteiger charge is -2.14. The molecule has 2 aromatic carbocycles. The van der Waals surface area contributed by atoms with Crippen molar-refractivity contribution in [1.82, 2.24) is 4.98 Å². The van der Waals surface area contributed by atoms with E-state index in [0.29, 0.717) is 0 Å². The van der Waals surface area contributed by atoms with E-state index >= 15 is 0 Å². The summed E-state index contributed by atoms with van der Waals surface area (Å²) < 4.78 is 68.6. The summed E-state index contributed by atoms with van der Waals surface area (Å²) >= 11 is 1.49. The summed E-state index contributed by atoms with van der Waals surface area (Å²) in [6.45, 7) is 1.87. The number of nitrogens with one attached hydrogen (secondary N) is 1. The molecule has 1 aromatic heterocycles. The summed E-state index contributed by atoms with van der Waals surface area (Å²) in [5.41, 5.74) is 1.76. The van der Waals surface area contributed by atoms with Gasteiger partial charge in [-0.3, -0.25) is 4.72 Å². The van der Waals surface area contributed by atoms with Crippen molar-refractivity contribution in [2.45, 2.75) is 18.2 Å². The predicted octanol–water partition coefficient (Wildman–Crippen LogP) is 4.82. The molecule has 0 atom stereocenters. The highest BCUT2D eigenvalue weighted by atomic mass is 32.2. The minimum Gasteiger partial charge on any atom is -0.404 e. The zero-order chi connectivity index (χ0) is 19.7. The lowest BCUT2D eigenvalue weighted by atomic mass is 10.1. The molecule has 1 heterocycles. The molecule has 0 aliphatic rings. The van der Waals surface area contributed by atoms with Crippen LogP contribution in [0.2, 0.25) is 0 Å². The lowest BCUT2D eigenvalue weighted by molar-refractivity contribution is -0.275. The highest BCUT2D eigenvalue weighted by Crippen LogP contribution is 2.31. The van der Waals surface area contributed by atoms with Crippen LogP contribution in [-0.2, 0) is 10.0 Å². The van der Waals surface area contributed by atoms with Crippen molar-refractivity contribution in [3.63, 3.8) is 0 Å². The van der Waals surface area contributed by atoms with E-state index in [9.17, 15) is 21.6 Å². The first-order valence-electron chi connectivity index (χ1n) is 7.54. The molecule has 0 unspecified atom stereocenters. The summed E-state index contributed by atoms with van der Waals surface area (Å²) in [6, 6.07) is 10.9. The number of benzene rings is 2. The van der Waals surface area contributed by atoms with Crippen molar-refractivity contribution in [3.05, 3.63) is 58.9 Å². The first-order chi connectivity index (χ1) is 12.6. The molecule has 3 rings (SSSR count). The van der Waals surface area contributed by atoms with E-state index in [1.54, 1.807) is 12.1 Å². The number of hydrogen-bond acceptors (Lipinski definition) is 5. The molecule has 0 spiro atoms. The Morgan fingerprint density at radius 3 is 2.33 bits per heavy atom. The fraction of sp³-hybridized carbons (Fsp3) is 0.118. The van der Waals surface area contributed by atoms with Gasteiger partial charge in [0.1, 0.15) is 10.6 Å². The topological polar surface area (TPSA) is 68.3 Å². The Morgan fingerprint density at radius 1 is 1.07 bits per heavy atom. The Balaban J connectivity index is 1.85. The van der Waals surface area contributed by atoms with Crippen molar-refractivity contribution in [3.8, 4) is 17.0 Å². The highest BCUT2D eigenvalue weighted by molar-refractivity contribution is 7.92. The number of para-hydroxylation sites is 1. The second-order valence-electron chi connectivity index (χ2n) is 5.43. The zero-order valence-corrected chi connectivity index (χ0v) is 15.5. The summed E-state index contributed by atoms with van der Waals surface area (Å²) in [4.78, 5) is 3.73. The van der Waals surface area contributed by atoms with Crippen molar-refractivity contribution in [2.75, 3.05) is 4.72 Å². The average Bonchev–Trinajstić information content (AvgIpc) is 3.00. The van der Waals surface area contributed by atoms with Crippen LogP contribution >= 0.6 is 11.3 Å². The number of halogens is 3. The van der Waals surface area contributed by atoms with Crippen molar-refractivity contribution >= 4 is 27.0 Å². The van der Waals surface area contributed by atoms with Gasteiger partial charge < -0.3 is 4.74 Å². The summed E-state index contributed by atoms with van der Waals surface area (Å²) in [5, 5.41) is 2.77. The Bertz CT molecular complexity index is 1050. The summed E-state index contributed by atoms with van der Waals surface area (Å²) in [5.74, 6) is -0.799. The maximum atomic E-state index is 12.5. The molecule has 3 aromatic rings. The molecule has 10 heteroatoms. The van der Waals surface area contributed by atoms with Crippen LogP contribution in [0.3, 0.4) is 0 Å². The minimum atomic E-state index is -5.00. The quantitative estimate of drug-likeness (QED) is 0.650. The second kappa shape index (κ2) is 7.20. The van der Waals surface area contributed by atoms with Gasteiger partial charge in [-0.25, -0.2) is 13.4 Å².